The van der Waals surface area contributed by atoms with Crippen molar-refractivity contribution in [1.82, 2.24) is 19.6 Å². The van der Waals surface area contributed by atoms with Crippen molar-refractivity contribution in [2.24, 2.45) is 5.92 Å². The molecular formula is C18H30N4O. The Morgan fingerprint density at radius 2 is 1.74 bits per heavy atom. The molecule has 0 N–H and O–H groups in total. The zero-order valence-corrected chi connectivity index (χ0v) is 14.8. The molecule has 0 amide bonds. The minimum Gasteiger partial charge on any atom is -0.302 e. The molecule has 1 aromatic rings. The molecule has 5 heteroatoms. The number of rotatable bonds is 5. The second-order valence-electron chi connectivity index (χ2n) is 8.16. The van der Waals surface area contributed by atoms with E-state index in [1.807, 2.05) is 6.07 Å². The van der Waals surface area contributed by atoms with Gasteiger partial charge in [-0.25, -0.2) is 4.68 Å². The topological polar surface area (TPSA) is 41.4 Å². The fourth-order valence-electron chi connectivity index (χ4n) is 3.49. The van der Waals surface area contributed by atoms with Crippen LogP contribution in [0.2, 0.25) is 0 Å². The van der Waals surface area contributed by atoms with Crippen LogP contribution in [0.25, 0.3) is 0 Å². The maximum atomic E-state index is 12.0. The summed E-state index contributed by atoms with van der Waals surface area (Å²) in [5.74, 6) is 0.564. The molecule has 0 spiro atoms. The maximum absolute atomic E-state index is 12.0. The van der Waals surface area contributed by atoms with E-state index >= 15 is 0 Å². The van der Waals surface area contributed by atoms with Crippen molar-refractivity contribution in [2.75, 3.05) is 39.3 Å². The fraction of sp³-hybridized carbons (Fsp3) is 0.778. The lowest BCUT2D eigenvalue weighted by molar-refractivity contribution is 0.0743. The number of hydrogen-bond donors (Lipinski definition) is 0. The summed E-state index contributed by atoms with van der Waals surface area (Å²) in [7, 11) is 0. The van der Waals surface area contributed by atoms with Gasteiger partial charge >= 0.3 is 0 Å². The standard InChI is InChI=1S/C18H30N4O/c1-18(2,3)16-6-7-17(23)22(19-16)14-15-12-21(13-15)11-10-20-8-4-5-9-20/h6-7,15H,4-5,8-14H2,1-3H3. The lowest BCUT2D eigenvalue weighted by atomic mass is 9.92. The van der Waals surface area contributed by atoms with Crippen LogP contribution >= 0.6 is 0 Å². The van der Waals surface area contributed by atoms with E-state index in [1.54, 1.807) is 10.7 Å². The number of likely N-dealkylation sites (tertiary alicyclic amines) is 2. The molecule has 0 bridgehead atoms. The summed E-state index contributed by atoms with van der Waals surface area (Å²) in [6.07, 6.45) is 2.72. The lowest BCUT2D eigenvalue weighted by Crippen LogP contribution is -2.51. The fourth-order valence-corrected chi connectivity index (χ4v) is 3.49. The van der Waals surface area contributed by atoms with Crippen molar-refractivity contribution in [3.63, 3.8) is 0 Å². The van der Waals surface area contributed by atoms with Crippen molar-refractivity contribution in [2.45, 2.75) is 45.6 Å². The Kier molecular flexibility index (Phi) is 4.87. The van der Waals surface area contributed by atoms with Crippen molar-refractivity contribution in [1.29, 1.82) is 0 Å². The van der Waals surface area contributed by atoms with Crippen molar-refractivity contribution in [3.05, 3.63) is 28.2 Å². The molecule has 23 heavy (non-hydrogen) atoms. The highest BCUT2D eigenvalue weighted by atomic mass is 16.1. The van der Waals surface area contributed by atoms with Crippen LogP contribution in [-0.4, -0.2) is 58.8 Å². The molecule has 2 saturated heterocycles. The number of hydrogen-bond acceptors (Lipinski definition) is 4. The second-order valence-corrected chi connectivity index (χ2v) is 8.16. The molecule has 0 aliphatic carbocycles. The van der Waals surface area contributed by atoms with Crippen molar-refractivity contribution in [3.8, 4) is 0 Å². The normalized spacial score (nSPS) is 20.8. The molecule has 3 rings (SSSR count). The highest BCUT2D eigenvalue weighted by Gasteiger charge is 2.28. The first-order chi connectivity index (χ1) is 10.9. The Morgan fingerprint density at radius 3 is 2.39 bits per heavy atom. The Morgan fingerprint density at radius 1 is 1.09 bits per heavy atom. The second kappa shape index (κ2) is 6.73. The van der Waals surface area contributed by atoms with Gasteiger partial charge in [0.05, 0.1) is 12.2 Å². The average Bonchev–Trinajstić information content (AvgIpc) is 2.95. The maximum Gasteiger partial charge on any atom is 0.266 e. The third kappa shape index (κ3) is 4.21. The summed E-state index contributed by atoms with van der Waals surface area (Å²) in [6, 6.07) is 3.53. The number of aromatic nitrogens is 2. The predicted octanol–water partition coefficient (Wildman–Crippen LogP) is 1.57. The molecule has 2 aliphatic heterocycles. The molecule has 0 unspecified atom stereocenters. The van der Waals surface area contributed by atoms with Crippen LogP contribution < -0.4 is 5.56 Å². The highest BCUT2D eigenvalue weighted by molar-refractivity contribution is 5.10. The molecule has 1 aromatic heterocycles. The van der Waals surface area contributed by atoms with E-state index in [0.717, 1.165) is 25.3 Å². The first-order valence-corrected chi connectivity index (χ1v) is 8.95. The molecule has 0 atom stereocenters. The first kappa shape index (κ1) is 16.7. The van der Waals surface area contributed by atoms with Crippen LogP contribution in [0.3, 0.4) is 0 Å². The molecule has 3 heterocycles. The molecule has 0 aromatic carbocycles. The minimum atomic E-state index is -0.0170. The lowest BCUT2D eigenvalue weighted by Gasteiger charge is -2.40. The van der Waals surface area contributed by atoms with E-state index in [0.29, 0.717) is 5.92 Å². The Hall–Kier alpha value is -1.20. The minimum absolute atomic E-state index is 0.0170. The van der Waals surface area contributed by atoms with Crippen LogP contribution in [0, 0.1) is 5.92 Å². The van der Waals surface area contributed by atoms with Gasteiger partial charge in [-0.1, -0.05) is 20.8 Å². The third-order valence-corrected chi connectivity index (χ3v) is 5.03. The van der Waals surface area contributed by atoms with Gasteiger partial charge in [0.25, 0.3) is 5.56 Å². The first-order valence-electron chi connectivity index (χ1n) is 8.95. The van der Waals surface area contributed by atoms with Crippen LogP contribution in [0.4, 0.5) is 0 Å². The van der Waals surface area contributed by atoms with E-state index < -0.39 is 0 Å². The Balaban J connectivity index is 1.48. The third-order valence-electron chi connectivity index (χ3n) is 5.03. The summed E-state index contributed by atoms with van der Waals surface area (Å²) < 4.78 is 1.67. The summed E-state index contributed by atoms with van der Waals surface area (Å²) >= 11 is 0. The van der Waals surface area contributed by atoms with Gasteiger partial charge in [-0.05, 0) is 32.0 Å². The van der Waals surface area contributed by atoms with Gasteiger partial charge in [-0.3, -0.25) is 4.79 Å². The Labute approximate surface area is 139 Å². The van der Waals surface area contributed by atoms with Gasteiger partial charge in [0, 0.05) is 43.6 Å². The monoisotopic (exact) mass is 318 g/mol. The van der Waals surface area contributed by atoms with Crippen LogP contribution in [0.1, 0.15) is 39.3 Å². The summed E-state index contributed by atoms with van der Waals surface area (Å²) in [6.45, 7) is 14.3. The van der Waals surface area contributed by atoms with Crippen molar-refractivity contribution < 1.29 is 0 Å². The van der Waals surface area contributed by atoms with E-state index in [9.17, 15) is 4.79 Å². The summed E-state index contributed by atoms with van der Waals surface area (Å²) in [4.78, 5) is 17.1. The predicted molar refractivity (Wildman–Crippen MR) is 92.8 cm³/mol. The highest BCUT2D eigenvalue weighted by Crippen LogP contribution is 2.20. The van der Waals surface area contributed by atoms with Crippen molar-refractivity contribution >= 4 is 0 Å². The summed E-state index contributed by atoms with van der Waals surface area (Å²) in [5, 5.41) is 4.58. The van der Waals surface area contributed by atoms with Gasteiger partial charge in [0.2, 0.25) is 0 Å². The van der Waals surface area contributed by atoms with Gasteiger partial charge in [-0.15, -0.1) is 0 Å². The van der Waals surface area contributed by atoms with Gasteiger partial charge < -0.3 is 9.80 Å². The SMILES string of the molecule is CC(C)(C)c1ccc(=O)n(CC2CN(CCN3CCCC3)C2)n1. The van der Waals surface area contributed by atoms with Crippen LogP contribution in [0.5, 0.6) is 0 Å². The van der Waals surface area contributed by atoms with E-state index in [2.05, 4.69) is 35.7 Å². The zero-order valence-electron chi connectivity index (χ0n) is 14.8. The molecule has 0 radical (unpaired) electrons. The zero-order chi connectivity index (χ0) is 16.4. The quantitative estimate of drug-likeness (QED) is 0.826. The van der Waals surface area contributed by atoms with Crippen LogP contribution in [-0.2, 0) is 12.0 Å². The van der Waals surface area contributed by atoms with E-state index in [-0.39, 0.29) is 11.0 Å². The van der Waals surface area contributed by atoms with Gasteiger partial charge in [0.15, 0.2) is 0 Å². The Bertz CT molecular complexity index is 577. The summed E-state index contributed by atoms with van der Waals surface area (Å²) in [5.41, 5.74) is 0.993. The molecule has 2 fully saturated rings. The molecular weight excluding hydrogens is 288 g/mol. The van der Waals surface area contributed by atoms with Gasteiger partial charge in [-0.2, -0.15) is 5.10 Å². The average molecular weight is 318 g/mol. The largest absolute Gasteiger partial charge is 0.302 e. The smallest absolute Gasteiger partial charge is 0.266 e. The van der Waals surface area contributed by atoms with Crippen LogP contribution in [0.15, 0.2) is 16.9 Å². The molecule has 2 aliphatic rings. The molecule has 5 nitrogen and oxygen atoms in total. The van der Waals surface area contributed by atoms with E-state index in [1.165, 1.54) is 39.0 Å². The molecule has 128 valence electrons. The van der Waals surface area contributed by atoms with E-state index in [4.69, 9.17) is 0 Å². The van der Waals surface area contributed by atoms with Gasteiger partial charge in [0.1, 0.15) is 0 Å². The molecule has 0 saturated carbocycles. The number of nitrogens with zero attached hydrogens (tertiary/aromatic N) is 4.